The quantitative estimate of drug-likeness (QED) is 0.434. The molecule has 0 aliphatic heterocycles. The number of hydrogen-bond donors (Lipinski definition) is 0. The van der Waals surface area contributed by atoms with Crippen molar-refractivity contribution in [1.82, 2.24) is 14.7 Å². The third-order valence-electron chi connectivity index (χ3n) is 5.68. The van der Waals surface area contributed by atoms with E-state index in [-0.39, 0.29) is 30.7 Å². The van der Waals surface area contributed by atoms with E-state index in [1.54, 1.807) is 48.1 Å². The Morgan fingerprint density at radius 3 is 2.31 bits per heavy atom. The smallest absolute Gasteiger partial charge is 0.338 e. The van der Waals surface area contributed by atoms with Gasteiger partial charge in [0.1, 0.15) is 5.82 Å². The van der Waals surface area contributed by atoms with E-state index in [0.717, 1.165) is 28.2 Å². The van der Waals surface area contributed by atoms with Crippen molar-refractivity contribution in [2.24, 2.45) is 0 Å². The largest absolute Gasteiger partial charge is 0.469 e. The standard InChI is InChI=1S/C26H28FN3O5/c1-17-23(13-14-25(32)34-4)18(2)30(28-17)22-11-7-20(8-12-22)26(33)35-16-24(31)29(3)15-19-5-9-21(27)10-6-19/h5-12H,13-16H2,1-4H3. The molecule has 184 valence electrons. The molecule has 0 fully saturated rings. The highest BCUT2D eigenvalue weighted by Crippen LogP contribution is 2.20. The normalized spacial score (nSPS) is 10.7. The van der Waals surface area contributed by atoms with Crippen LogP contribution in [-0.4, -0.2) is 53.3 Å². The summed E-state index contributed by atoms with van der Waals surface area (Å²) in [5, 5.41) is 4.55. The summed E-state index contributed by atoms with van der Waals surface area (Å²) in [5.74, 6) is -1.62. The summed E-state index contributed by atoms with van der Waals surface area (Å²) in [6, 6.07) is 12.5. The van der Waals surface area contributed by atoms with Crippen molar-refractivity contribution >= 4 is 17.8 Å². The summed E-state index contributed by atoms with van der Waals surface area (Å²) in [7, 11) is 2.95. The minimum Gasteiger partial charge on any atom is -0.469 e. The second-order valence-corrected chi connectivity index (χ2v) is 8.14. The van der Waals surface area contributed by atoms with Crippen LogP contribution in [-0.2, 0) is 32.0 Å². The number of methoxy groups -OCH3 is 1. The van der Waals surface area contributed by atoms with Crippen molar-refractivity contribution < 1.29 is 28.2 Å². The van der Waals surface area contributed by atoms with Gasteiger partial charge in [-0.3, -0.25) is 9.59 Å². The van der Waals surface area contributed by atoms with Gasteiger partial charge >= 0.3 is 11.9 Å². The fourth-order valence-electron chi connectivity index (χ4n) is 3.63. The summed E-state index contributed by atoms with van der Waals surface area (Å²) in [4.78, 5) is 37.6. The molecular weight excluding hydrogens is 453 g/mol. The molecule has 3 aromatic rings. The highest BCUT2D eigenvalue weighted by molar-refractivity contribution is 5.91. The lowest BCUT2D eigenvalue weighted by Crippen LogP contribution is -2.30. The Balaban J connectivity index is 1.58. The number of esters is 2. The Morgan fingerprint density at radius 1 is 1.03 bits per heavy atom. The maximum atomic E-state index is 13.0. The molecule has 0 radical (unpaired) electrons. The van der Waals surface area contributed by atoms with E-state index in [1.165, 1.54) is 24.1 Å². The minimum absolute atomic E-state index is 0.270. The maximum absolute atomic E-state index is 13.0. The van der Waals surface area contributed by atoms with E-state index < -0.39 is 12.6 Å². The van der Waals surface area contributed by atoms with Crippen LogP contribution in [0.15, 0.2) is 48.5 Å². The number of aromatic nitrogens is 2. The molecule has 1 amide bonds. The van der Waals surface area contributed by atoms with Gasteiger partial charge < -0.3 is 14.4 Å². The Kier molecular flexibility index (Phi) is 8.35. The molecular formula is C26H28FN3O5. The number of aryl methyl sites for hydroxylation is 1. The number of carbonyl (C=O) groups excluding carboxylic acids is 3. The molecule has 0 N–H and O–H groups in total. The zero-order valence-electron chi connectivity index (χ0n) is 20.2. The Morgan fingerprint density at radius 2 is 1.69 bits per heavy atom. The average molecular weight is 482 g/mol. The van der Waals surface area contributed by atoms with Crippen LogP contribution in [0.3, 0.4) is 0 Å². The van der Waals surface area contributed by atoms with Gasteiger partial charge in [0, 0.05) is 25.7 Å². The molecule has 35 heavy (non-hydrogen) atoms. The van der Waals surface area contributed by atoms with Gasteiger partial charge in [0.25, 0.3) is 5.91 Å². The monoisotopic (exact) mass is 481 g/mol. The first kappa shape index (κ1) is 25.6. The predicted molar refractivity (Wildman–Crippen MR) is 127 cm³/mol. The number of nitrogens with zero attached hydrogens (tertiary/aromatic N) is 3. The first-order valence-electron chi connectivity index (χ1n) is 11.1. The lowest BCUT2D eigenvalue weighted by atomic mass is 10.1. The Hall–Kier alpha value is -4.01. The number of benzene rings is 2. The number of hydrogen-bond acceptors (Lipinski definition) is 6. The molecule has 0 saturated carbocycles. The Bertz CT molecular complexity index is 1200. The summed E-state index contributed by atoms with van der Waals surface area (Å²) in [5.41, 5.74) is 4.51. The van der Waals surface area contributed by atoms with Crippen LogP contribution in [0.1, 0.15) is 39.3 Å². The fourth-order valence-corrected chi connectivity index (χ4v) is 3.63. The van der Waals surface area contributed by atoms with Crippen LogP contribution in [0.25, 0.3) is 5.69 Å². The van der Waals surface area contributed by atoms with Crippen LogP contribution in [0.2, 0.25) is 0 Å². The summed E-state index contributed by atoms with van der Waals surface area (Å²) >= 11 is 0. The van der Waals surface area contributed by atoms with Gasteiger partial charge in [-0.15, -0.1) is 0 Å². The number of carbonyl (C=O) groups is 3. The molecule has 0 aliphatic rings. The molecule has 0 aliphatic carbocycles. The van der Waals surface area contributed by atoms with E-state index in [2.05, 4.69) is 5.10 Å². The Labute approximate surface area is 203 Å². The maximum Gasteiger partial charge on any atom is 0.338 e. The van der Waals surface area contributed by atoms with Gasteiger partial charge in [-0.05, 0) is 67.8 Å². The summed E-state index contributed by atoms with van der Waals surface area (Å²) in [6.07, 6.45) is 0.796. The zero-order valence-corrected chi connectivity index (χ0v) is 20.2. The second kappa shape index (κ2) is 11.4. The molecule has 0 bridgehead atoms. The molecule has 0 spiro atoms. The highest BCUT2D eigenvalue weighted by Gasteiger charge is 2.17. The molecule has 1 heterocycles. The van der Waals surface area contributed by atoms with Crippen LogP contribution >= 0.6 is 0 Å². The van der Waals surface area contributed by atoms with Gasteiger partial charge in [0.15, 0.2) is 6.61 Å². The van der Waals surface area contributed by atoms with Crippen molar-refractivity contribution in [2.45, 2.75) is 33.2 Å². The van der Waals surface area contributed by atoms with Crippen molar-refractivity contribution in [3.05, 3.63) is 82.4 Å². The number of ether oxygens (including phenoxy) is 2. The van der Waals surface area contributed by atoms with Crippen LogP contribution < -0.4 is 0 Å². The SMILES string of the molecule is COC(=O)CCc1c(C)nn(-c2ccc(C(=O)OCC(=O)N(C)Cc3ccc(F)cc3)cc2)c1C. The van der Waals surface area contributed by atoms with Crippen molar-refractivity contribution in [2.75, 3.05) is 20.8 Å². The molecule has 1 aromatic heterocycles. The first-order valence-corrected chi connectivity index (χ1v) is 11.1. The van der Waals surface area contributed by atoms with E-state index >= 15 is 0 Å². The van der Waals surface area contributed by atoms with Crippen molar-refractivity contribution in [3.63, 3.8) is 0 Å². The number of likely N-dealkylation sites (N-methyl/N-ethyl adjacent to an activating group) is 1. The molecule has 8 nitrogen and oxygen atoms in total. The average Bonchev–Trinajstić information content (AvgIpc) is 3.15. The van der Waals surface area contributed by atoms with Crippen LogP contribution in [0, 0.1) is 19.7 Å². The third-order valence-corrected chi connectivity index (χ3v) is 5.68. The zero-order chi connectivity index (χ0) is 25.5. The van der Waals surface area contributed by atoms with Gasteiger partial charge in [-0.1, -0.05) is 12.1 Å². The van der Waals surface area contributed by atoms with Crippen LogP contribution in [0.5, 0.6) is 0 Å². The van der Waals surface area contributed by atoms with Gasteiger partial charge in [-0.2, -0.15) is 5.10 Å². The fraction of sp³-hybridized carbons (Fsp3) is 0.308. The first-order chi connectivity index (χ1) is 16.7. The van der Waals surface area contributed by atoms with Crippen LogP contribution in [0.4, 0.5) is 4.39 Å². The molecule has 2 aromatic carbocycles. The minimum atomic E-state index is -0.618. The molecule has 0 saturated heterocycles. The van der Waals surface area contributed by atoms with Crippen molar-refractivity contribution in [1.29, 1.82) is 0 Å². The topological polar surface area (TPSA) is 90.7 Å². The van der Waals surface area contributed by atoms with Crippen molar-refractivity contribution in [3.8, 4) is 5.69 Å². The van der Waals surface area contributed by atoms with Gasteiger partial charge in [-0.25, -0.2) is 13.9 Å². The van der Waals surface area contributed by atoms with E-state index in [9.17, 15) is 18.8 Å². The third kappa shape index (κ3) is 6.53. The van der Waals surface area contributed by atoms with Gasteiger partial charge in [0.05, 0.1) is 24.1 Å². The second-order valence-electron chi connectivity index (χ2n) is 8.14. The molecule has 0 unspecified atom stereocenters. The summed E-state index contributed by atoms with van der Waals surface area (Å²) in [6.45, 7) is 3.67. The summed E-state index contributed by atoms with van der Waals surface area (Å²) < 4.78 is 24.7. The predicted octanol–water partition coefficient (Wildman–Crippen LogP) is 3.55. The lowest BCUT2D eigenvalue weighted by molar-refractivity contribution is -0.140. The van der Waals surface area contributed by atoms with Gasteiger partial charge in [0.2, 0.25) is 0 Å². The molecule has 9 heteroatoms. The lowest BCUT2D eigenvalue weighted by Gasteiger charge is -2.17. The molecule has 3 rings (SSSR count). The highest BCUT2D eigenvalue weighted by atomic mass is 19.1. The van der Waals surface area contributed by atoms with E-state index in [4.69, 9.17) is 9.47 Å². The number of amides is 1. The number of halogens is 1. The number of rotatable bonds is 9. The van der Waals surface area contributed by atoms with E-state index in [0.29, 0.717) is 12.0 Å². The molecule has 0 atom stereocenters. The van der Waals surface area contributed by atoms with E-state index in [1.807, 2.05) is 13.8 Å².